The fourth-order valence-corrected chi connectivity index (χ4v) is 1.63. The van der Waals surface area contributed by atoms with E-state index >= 15 is 0 Å². The van der Waals surface area contributed by atoms with Crippen molar-refractivity contribution in [2.24, 2.45) is 5.73 Å². The van der Waals surface area contributed by atoms with Crippen molar-refractivity contribution in [1.82, 2.24) is 5.32 Å². The van der Waals surface area contributed by atoms with Crippen LogP contribution in [0.3, 0.4) is 0 Å². The van der Waals surface area contributed by atoms with Crippen LogP contribution in [-0.2, 0) is 0 Å². The van der Waals surface area contributed by atoms with Crippen LogP contribution in [0.15, 0.2) is 22.7 Å². The summed E-state index contributed by atoms with van der Waals surface area (Å²) in [5.41, 5.74) is 7.39. The highest BCUT2D eigenvalue weighted by atomic mass is 79.9. The van der Waals surface area contributed by atoms with Gasteiger partial charge in [0.05, 0.1) is 0 Å². The molecule has 0 saturated heterocycles. The Morgan fingerprint density at radius 1 is 1.53 bits per heavy atom. The number of benzene rings is 1. The molecule has 0 heterocycles. The maximum atomic E-state index is 11.7. The van der Waals surface area contributed by atoms with E-state index in [2.05, 4.69) is 21.2 Å². The van der Waals surface area contributed by atoms with Crippen LogP contribution in [0.2, 0.25) is 0 Å². The third kappa shape index (κ3) is 5.52. The summed E-state index contributed by atoms with van der Waals surface area (Å²) in [6.45, 7) is 4.53. The van der Waals surface area contributed by atoms with Gasteiger partial charge in [0.15, 0.2) is 0 Å². The molecule has 96 valence electrons. The van der Waals surface area contributed by atoms with Gasteiger partial charge in [0.1, 0.15) is 0 Å². The number of hydrogen-bond donors (Lipinski definition) is 2. The smallest absolute Gasteiger partial charge is 0.251 e. The lowest BCUT2D eigenvalue weighted by atomic mass is 10.1. The first-order chi connectivity index (χ1) is 7.50. The summed E-state index contributed by atoms with van der Waals surface area (Å²) in [6.07, 6.45) is 0.790. The topological polar surface area (TPSA) is 55.1 Å². The van der Waals surface area contributed by atoms with E-state index in [9.17, 15) is 4.79 Å². The number of carbonyl (C=O) groups is 1. The molecule has 0 fully saturated rings. The second-order valence-corrected chi connectivity index (χ2v) is 4.84. The maximum Gasteiger partial charge on any atom is 0.251 e. The van der Waals surface area contributed by atoms with Crippen LogP contribution >= 0.6 is 28.3 Å². The van der Waals surface area contributed by atoms with Crippen molar-refractivity contribution in [3.8, 4) is 0 Å². The molecule has 1 atom stereocenters. The lowest BCUT2D eigenvalue weighted by Gasteiger charge is -2.08. The molecule has 1 amide bonds. The second kappa shape index (κ2) is 7.69. The Balaban J connectivity index is 0.00000256. The van der Waals surface area contributed by atoms with Crippen molar-refractivity contribution >= 4 is 34.2 Å². The number of aryl methyl sites for hydroxylation is 1. The van der Waals surface area contributed by atoms with E-state index in [4.69, 9.17) is 5.73 Å². The van der Waals surface area contributed by atoms with Gasteiger partial charge >= 0.3 is 0 Å². The van der Waals surface area contributed by atoms with Gasteiger partial charge < -0.3 is 11.1 Å². The third-order valence-electron chi connectivity index (χ3n) is 2.32. The Labute approximate surface area is 117 Å². The molecular weight excluding hydrogens is 304 g/mol. The van der Waals surface area contributed by atoms with Crippen molar-refractivity contribution in [2.75, 3.05) is 6.54 Å². The summed E-state index contributed by atoms with van der Waals surface area (Å²) < 4.78 is 0.951. The summed E-state index contributed by atoms with van der Waals surface area (Å²) in [5.74, 6) is -0.0543. The summed E-state index contributed by atoms with van der Waals surface area (Å²) >= 11 is 3.41. The first-order valence-electron chi connectivity index (χ1n) is 5.30. The SMILES string of the molecule is Cc1ccc(C(=O)NCCC(C)N)cc1Br.Cl. The Kier molecular flexibility index (Phi) is 7.43. The van der Waals surface area contributed by atoms with Gasteiger partial charge in [0.25, 0.3) is 5.91 Å². The molecule has 0 bridgehead atoms. The number of rotatable bonds is 4. The fourth-order valence-electron chi connectivity index (χ4n) is 1.25. The quantitative estimate of drug-likeness (QED) is 0.896. The zero-order chi connectivity index (χ0) is 12.1. The number of amides is 1. The first-order valence-corrected chi connectivity index (χ1v) is 6.10. The van der Waals surface area contributed by atoms with Gasteiger partial charge in [0.2, 0.25) is 0 Å². The van der Waals surface area contributed by atoms with E-state index in [1.54, 1.807) is 0 Å². The fraction of sp³-hybridized carbons (Fsp3) is 0.417. The largest absolute Gasteiger partial charge is 0.352 e. The van der Waals surface area contributed by atoms with Crippen LogP contribution in [0.25, 0.3) is 0 Å². The van der Waals surface area contributed by atoms with E-state index in [0.29, 0.717) is 12.1 Å². The van der Waals surface area contributed by atoms with Crippen LogP contribution in [0.1, 0.15) is 29.3 Å². The highest BCUT2D eigenvalue weighted by Crippen LogP contribution is 2.17. The molecule has 3 nitrogen and oxygen atoms in total. The van der Waals surface area contributed by atoms with Crippen LogP contribution in [0.5, 0.6) is 0 Å². The normalized spacial score (nSPS) is 11.5. The Morgan fingerprint density at radius 2 is 2.18 bits per heavy atom. The molecule has 0 aliphatic rings. The standard InChI is InChI=1S/C12H17BrN2O.ClH/c1-8-3-4-10(7-11(8)13)12(16)15-6-5-9(2)14;/h3-4,7,9H,5-6,14H2,1-2H3,(H,15,16);1H. The van der Waals surface area contributed by atoms with Crippen molar-refractivity contribution in [3.63, 3.8) is 0 Å². The predicted molar refractivity (Wildman–Crippen MR) is 76.7 cm³/mol. The monoisotopic (exact) mass is 320 g/mol. The molecule has 1 rings (SSSR count). The molecule has 1 aromatic rings. The summed E-state index contributed by atoms with van der Waals surface area (Å²) in [6, 6.07) is 5.69. The summed E-state index contributed by atoms with van der Waals surface area (Å²) in [4.78, 5) is 11.7. The number of halogens is 2. The number of carbonyl (C=O) groups excluding carboxylic acids is 1. The van der Waals surface area contributed by atoms with Crippen molar-refractivity contribution in [2.45, 2.75) is 26.3 Å². The van der Waals surface area contributed by atoms with Crippen LogP contribution in [0, 0.1) is 6.92 Å². The number of nitrogens with one attached hydrogen (secondary N) is 1. The lowest BCUT2D eigenvalue weighted by molar-refractivity contribution is 0.0952. The molecule has 0 aromatic heterocycles. The predicted octanol–water partition coefficient (Wildman–Crippen LogP) is 2.65. The minimum atomic E-state index is -0.0543. The first kappa shape index (κ1) is 16.4. The highest BCUT2D eigenvalue weighted by molar-refractivity contribution is 9.10. The minimum Gasteiger partial charge on any atom is -0.352 e. The van der Waals surface area contributed by atoms with E-state index < -0.39 is 0 Å². The molecule has 0 saturated carbocycles. The molecular formula is C12H18BrClN2O. The van der Waals surface area contributed by atoms with Gasteiger partial charge in [-0.3, -0.25) is 4.79 Å². The molecule has 3 N–H and O–H groups in total. The molecule has 0 aliphatic heterocycles. The molecule has 1 unspecified atom stereocenters. The molecule has 0 spiro atoms. The average Bonchev–Trinajstić information content (AvgIpc) is 2.21. The van der Waals surface area contributed by atoms with Gasteiger partial charge in [-0.15, -0.1) is 12.4 Å². The molecule has 0 aliphatic carbocycles. The molecule has 5 heteroatoms. The van der Waals surface area contributed by atoms with E-state index in [1.807, 2.05) is 32.0 Å². The molecule has 0 radical (unpaired) electrons. The zero-order valence-corrected chi connectivity index (χ0v) is 12.4. The number of nitrogens with two attached hydrogens (primary N) is 1. The summed E-state index contributed by atoms with van der Waals surface area (Å²) in [5, 5.41) is 2.84. The number of hydrogen-bond acceptors (Lipinski definition) is 2. The Bertz CT molecular complexity index is 383. The zero-order valence-electron chi connectivity index (χ0n) is 10.00. The highest BCUT2D eigenvalue weighted by Gasteiger charge is 2.06. The van der Waals surface area contributed by atoms with E-state index in [-0.39, 0.29) is 24.4 Å². The van der Waals surface area contributed by atoms with E-state index in [0.717, 1.165) is 16.5 Å². The van der Waals surface area contributed by atoms with Crippen molar-refractivity contribution in [1.29, 1.82) is 0 Å². The van der Waals surface area contributed by atoms with Gasteiger partial charge in [-0.1, -0.05) is 22.0 Å². The Morgan fingerprint density at radius 3 is 2.71 bits per heavy atom. The van der Waals surface area contributed by atoms with Crippen LogP contribution in [-0.4, -0.2) is 18.5 Å². The van der Waals surface area contributed by atoms with Gasteiger partial charge in [-0.2, -0.15) is 0 Å². The van der Waals surface area contributed by atoms with Crippen molar-refractivity contribution < 1.29 is 4.79 Å². The maximum absolute atomic E-state index is 11.7. The van der Waals surface area contributed by atoms with Crippen LogP contribution in [0.4, 0.5) is 0 Å². The third-order valence-corrected chi connectivity index (χ3v) is 3.17. The van der Waals surface area contributed by atoms with Crippen LogP contribution < -0.4 is 11.1 Å². The summed E-state index contributed by atoms with van der Waals surface area (Å²) in [7, 11) is 0. The Hall–Kier alpha value is -0.580. The average molecular weight is 322 g/mol. The lowest BCUT2D eigenvalue weighted by Crippen LogP contribution is -2.28. The van der Waals surface area contributed by atoms with E-state index in [1.165, 1.54) is 0 Å². The van der Waals surface area contributed by atoms with Gasteiger partial charge in [-0.05, 0) is 38.0 Å². The second-order valence-electron chi connectivity index (χ2n) is 3.99. The van der Waals surface area contributed by atoms with Gasteiger partial charge in [-0.25, -0.2) is 0 Å². The minimum absolute atomic E-state index is 0. The molecule has 1 aromatic carbocycles. The van der Waals surface area contributed by atoms with Gasteiger partial charge in [0, 0.05) is 22.6 Å². The molecule has 17 heavy (non-hydrogen) atoms. The van der Waals surface area contributed by atoms with Crippen molar-refractivity contribution in [3.05, 3.63) is 33.8 Å².